The fraction of sp³-hybridized carbons (Fsp3) is 0.417. The fourth-order valence-electron chi connectivity index (χ4n) is 1.61. The number of hydrogen-bond acceptors (Lipinski definition) is 5. The van der Waals surface area contributed by atoms with E-state index in [2.05, 4.69) is 0 Å². The van der Waals surface area contributed by atoms with E-state index >= 15 is 0 Å². The maximum Gasteiger partial charge on any atom is 0.288 e. The number of benzene rings is 1. The molecule has 1 aromatic rings. The van der Waals surface area contributed by atoms with Crippen LogP contribution in [0, 0.1) is 10.1 Å². The second-order valence-corrected chi connectivity index (χ2v) is 4.34. The maximum atomic E-state index is 12.2. The van der Waals surface area contributed by atoms with Gasteiger partial charge < -0.3 is 14.7 Å². The zero-order valence-electron chi connectivity index (χ0n) is 10.9. The van der Waals surface area contributed by atoms with Crippen molar-refractivity contribution >= 4 is 23.2 Å². The van der Waals surface area contributed by atoms with Gasteiger partial charge in [-0.05, 0) is 12.1 Å². The predicted octanol–water partition coefficient (Wildman–Crippen LogP) is 1.33. The highest BCUT2D eigenvalue weighted by molar-refractivity contribution is 6.32. The quantitative estimate of drug-likeness (QED) is 0.606. The van der Waals surface area contributed by atoms with E-state index in [4.69, 9.17) is 21.4 Å². The second kappa shape index (κ2) is 7.78. The average molecular weight is 303 g/mol. The number of amides is 1. The van der Waals surface area contributed by atoms with Crippen molar-refractivity contribution in [1.82, 2.24) is 4.90 Å². The van der Waals surface area contributed by atoms with E-state index in [1.165, 1.54) is 24.1 Å². The standard InChI is InChI=1S/C12H15ClN2O5/c1-20-7-5-14(4-6-16)12(17)9-2-3-10(13)11(8-9)15(18)19/h2-3,8,16H,4-7H2,1H3. The van der Waals surface area contributed by atoms with Crippen molar-refractivity contribution in [3.05, 3.63) is 38.9 Å². The lowest BCUT2D eigenvalue weighted by Gasteiger charge is -2.21. The van der Waals surface area contributed by atoms with E-state index in [9.17, 15) is 14.9 Å². The minimum absolute atomic E-state index is 0.0304. The van der Waals surface area contributed by atoms with E-state index in [-0.39, 0.29) is 36.0 Å². The minimum Gasteiger partial charge on any atom is -0.395 e. The van der Waals surface area contributed by atoms with Crippen molar-refractivity contribution in [2.24, 2.45) is 0 Å². The number of rotatable bonds is 7. The molecule has 1 rings (SSSR count). The van der Waals surface area contributed by atoms with Crippen LogP contribution in [0.2, 0.25) is 5.02 Å². The fourth-order valence-corrected chi connectivity index (χ4v) is 1.79. The first-order valence-electron chi connectivity index (χ1n) is 5.84. The van der Waals surface area contributed by atoms with E-state index in [1.54, 1.807) is 0 Å². The van der Waals surface area contributed by atoms with E-state index in [0.29, 0.717) is 6.61 Å². The van der Waals surface area contributed by atoms with Crippen LogP contribution in [0.15, 0.2) is 18.2 Å². The number of carbonyl (C=O) groups excluding carboxylic acids is 1. The SMILES string of the molecule is COCCN(CCO)C(=O)c1ccc(Cl)c([N+](=O)[O-])c1. The molecular weight excluding hydrogens is 288 g/mol. The molecule has 8 heteroatoms. The highest BCUT2D eigenvalue weighted by atomic mass is 35.5. The number of methoxy groups -OCH3 is 1. The third kappa shape index (κ3) is 4.16. The summed E-state index contributed by atoms with van der Waals surface area (Å²) in [5.74, 6) is -0.420. The number of nitro groups is 1. The molecule has 20 heavy (non-hydrogen) atoms. The number of carbonyl (C=O) groups is 1. The highest BCUT2D eigenvalue weighted by Gasteiger charge is 2.20. The van der Waals surface area contributed by atoms with Gasteiger partial charge in [0.25, 0.3) is 11.6 Å². The lowest BCUT2D eigenvalue weighted by molar-refractivity contribution is -0.384. The molecule has 1 N–H and O–H groups in total. The number of hydrogen-bond donors (Lipinski definition) is 1. The zero-order valence-corrected chi connectivity index (χ0v) is 11.7. The number of halogens is 1. The van der Waals surface area contributed by atoms with Crippen molar-refractivity contribution in [2.45, 2.75) is 0 Å². The van der Waals surface area contributed by atoms with Gasteiger partial charge >= 0.3 is 0 Å². The molecule has 7 nitrogen and oxygen atoms in total. The summed E-state index contributed by atoms with van der Waals surface area (Å²) >= 11 is 5.69. The number of aliphatic hydroxyl groups is 1. The van der Waals surface area contributed by atoms with E-state index in [0.717, 1.165) is 6.07 Å². The minimum atomic E-state index is -0.648. The van der Waals surface area contributed by atoms with Crippen LogP contribution in [0.3, 0.4) is 0 Å². The Labute approximate surface area is 120 Å². The monoisotopic (exact) mass is 302 g/mol. The normalized spacial score (nSPS) is 10.3. The summed E-state index contributed by atoms with van der Waals surface area (Å²) in [4.78, 5) is 23.7. The molecule has 0 saturated carbocycles. The van der Waals surface area contributed by atoms with Crippen LogP contribution in [-0.2, 0) is 4.74 Å². The molecule has 0 spiro atoms. The number of nitro benzene ring substituents is 1. The number of aliphatic hydroxyl groups excluding tert-OH is 1. The Hall–Kier alpha value is -1.70. The third-order valence-electron chi connectivity index (χ3n) is 2.61. The van der Waals surface area contributed by atoms with Crippen molar-refractivity contribution in [3.8, 4) is 0 Å². The lowest BCUT2D eigenvalue weighted by atomic mass is 10.1. The molecule has 1 aromatic carbocycles. The molecule has 0 unspecified atom stereocenters. The van der Waals surface area contributed by atoms with Crippen LogP contribution in [-0.4, -0.2) is 54.3 Å². The number of nitrogens with zero attached hydrogens (tertiary/aromatic N) is 2. The van der Waals surface area contributed by atoms with Crippen LogP contribution < -0.4 is 0 Å². The van der Waals surface area contributed by atoms with Gasteiger partial charge in [0.2, 0.25) is 0 Å². The van der Waals surface area contributed by atoms with Gasteiger partial charge in [-0.2, -0.15) is 0 Å². The van der Waals surface area contributed by atoms with Gasteiger partial charge in [-0.1, -0.05) is 11.6 Å². The summed E-state index contributed by atoms with van der Waals surface area (Å²) in [6, 6.07) is 3.84. The Bertz CT molecular complexity index is 495. The molecule has 0 atom stereocenters. The van der Waals surface area contributed by atoms with Crippen molar-refractivity contribution in [1.29, 1.82) is 0 Å². The Morgan fingerprint density at radius 1 is 1.50 bits per heavy atom. The van der Waals surface area contributed by atoms with Gasteiger partial charge in [0.15, 0.2) is 0 Å². The Morgan fingerprint density at radius 3 is 2.75 bits per heavy atom. The lowest BCUT2D eigenvalue weighted by Crippen LogP contribution is -2.36. The second-order valence-electron chi connectivity index (χ2n) is 3.93. The zero-order chi connectivity index (χ0) is 15.1. The third-order valence-corrected chi connectivity index (χ3v) is 2.93. The maximum absolute atomic E-state index is 12.2. The van der Waals surface area contributed by atoms with Crippen LogP contribution in [0.5, 0.6) is 0 Å². The first kappa shape index (κ1) is 16.4. The predicted molar refractivity (Wildman–Crippen MR) is 73.0 cm³/mol. The van der Waals surface area contributed by atoms with Gasteiger partial charge in [-0.3, -0.25) is 14.9 Å². The Balaban J connectivity index is 2.99. The molecule has 110 valence electrons. The summed E-state index contributed by atoms with van der Waals surface area (Å²) < 4.78 is 4.88. The molecule has 0 aromatic heterocycles. The molecular formula is C12H15ClN2O5. The van der Waals surface area contributed by atoms with Crippen LogP contribution >= 0.6 is 11.6 Å². The molecule has 0 fully saturated rings. The van der Waals surface area contributed by atoms with Gasteiger partial charge in [-0.15, -0.1) is 0 Å². The van der Waals surface area contributed by atoms with Gasteiger partial charge in [0.1, 0.15) is 5.02 Å². The van der Waals surface area contributed by atoms with Crippen LogP contribution in [0.25, 0.3) is 0 Å². The van der Waals surface area contributed by atoms with Gasteiger partial charge in [0, 0.05) is 31.8 Å². The highest BCUT2D eigenvalue weighted by Crippen LogP contribution is 2.25. The van der Waals surface area contributed by atoms with Crippen molar-refractivity contribution in [2.75, 3.05) is 33.4 Å². The van der Waals surface area contributed by atoms with Crippen molar-refractivity contribution < 1.29 is 19.6 Å². The molecule has 0 saturated heterocycles. The van der Waals surface area contributed by atoms with Crippen LogP contribution in [0.4, 0.5) is 5.69 Å². The van der Waals surface area contributed by atoms with E-state index in [1.807, 2.05) is 0 Å². The number of ether oxygens (including phenoxy) is 1. The topological polar surface area (TPSA) is 92.9 Å². The molecule has 0 aliphatic carbocycles. The van der Waals surface area contributed by atoms with Crippen LogP contribution in [0.1, 0.15) is 10.4 Å². The Kier molecular flexibility index (Phi) is 6.37. The average Bonchev–Trinajstić information content (AvgIpc) is 2.43. The summed E-state index contributed by atoms with van der Waals surface area (Å²) in [7, 11) is 1.49. The largest absolute Gasteiger partial charge is 0.395 e. The summed E-state index contributed by atoms with van der Waals surface area (Å²) in [6.07, 6.45) is 0. The van der Waals surface area contributed by atoms with Gasteiger partial charge in [0.05, 0.1) is 18.1 Å². The first-order valence-corrected chi connectivity index (χ1v) is 6.22. The molecule has 1 amide bonds. The summed E-state index contributed by atoms with van der Waals surface area (Å²) in [5, 5.41) is 19.7. The smallest absolute Gasteiger partial charge is 0.288 e. The molecule has 0 bridgehead atoms. The Morgan fingerprint density at radius 2 is 2.20 bits per heavy atom. The molecule has 0 aliphatic heterocycles. The molecule has 0 heterocycles. The van der Waals surface area contributed by atoms with Crippen molar-refractivity contribution in [3.63, 3.8) is 0 Å². The van der Waals surface area contributed by atoms with Gasteiger partial charge in [-0.25, -0.2) is 0 Å². The summed E-state index contributed by atoms with van der Waals surface area (Å²) in [6.45, 7) is 0.511. The van der Waals surface area contributed by atoms with E-state index < -0.39 is 10.8 Å². The molecule has 0 aliphatic rings. The molecule has 0 radical (unpaired) electrons. The first-order chi connectivity index (χ1) is 9.51. The summed E-state index contributed by atoms with van der Waals surface area (Å²) in [5.41, 5.74) is -0.182.